The van der Waals surface area contributed by atoms with Crippen LogP contribution in [0.1, 0.15) is 5.56 Å². The molecule has 5 rings (SSSR count). The van der Waals surface area contributed by atoms with Gasteiger partial charge in [-0.2, -0.15) is 0 Å². The van der Waals surface area contributed by atoms with Crippen LogP contribution < -0.4 is 0 Å². The molecule has 0 fully saturated rings. The highest BCUT2D eigenvalue weighted by Crippen LogP contribution is 2.36. The summed E-state index contributed by atoms with van der Waals surface area (Å²) in [6.07, 6.45) is 1.31. The van der Waals surface area contributed by atoms with Crippen LogP contribution in [0.5, 0.6) is 0 Å². The molecule has 0 aliphatic rings. The van der Waals surface area contributed by atoms with E-state index in [0.717, 1.165) is 27.2 Å². The monoisotopic (exact) mass is 437 g/mol. The molecule has 2 aromatic heterocycles. The number of nitrogens with zero attached hydrogens (tertiary/aromatic N) is 3. The third-order valence-electron chi connectivity index (χ3n) is 4.95. The van der Waals surface area contributed by atoms with Crippen molar-refractivity contribution in [3.05, 3.63) is 109 Å². The zero-order chi connectivity index (χ0) is 21.8. The minimum absolute atomic E-state index is 0.195. The number of rotatable bonds is 5. The molecule has 0 unspecified atom stereocenters. The summed E-state index contributed by atoms with van der Waals surface area (Å²) in [4.78, 5) is 23.3. The number of aromatic nitrogens is 3. The van der Waals surface area contributed by atoms with Crippen LogP contribution in [-0.4, -0.2) is 20.6 Å². The van der Waals surface area contributed by atoms with E-state index in [1.165, 1.54) is 16.3 Å². The second kappa shape index (κ2) is 9.08. The number of hydrogen-bond donors (Lipinski definition) is 0. The van der Waals surface area contributed by atoms with Crippen LogP contribution in [0.15, 0.2) is 113 Å². The van der Waals surface area contributed by atoms with E-state index < -0.39 is 6.09 Å². The summed E-state index contributed by atoms with van der Waals surface area (Å²) in [5.74, 6) is 0. The number of hydrogen-bond acceptors (Lipinski definition) is 5. The van der Waals surface area contributed by atoms with Crippen LogP contribution in [0.4, 0.5) is 4.79 Å². The van der Waals surface area contributed by atoms with E-state index in [-0.39, 0.29) is 6.61 Å². The molecule has 5 aromatic rings. The van der Waals surface area contributed by atoms with Crippen molar-refractivity contribution in [1.29, 1.82) is 0 Å². The molecule has 0 bridgehead atoms. The number of carbonyl (C=O) groups excluding carboxylic acids is 1. The first-order valence-electron chi connectivity index (χ1n) is 10.2. The van der Waals surface area contributed by atoms with Crippen molar-refractivity contribution in [3.8, 4) is 11.3 Å². The lowest BCUT2D eigenvalue weighted by molar-refractivity contribution is 0.140. The lowest BCUT2D eigenvalue weighted by atomic mass is 10.1. The number of imidazole rings is 1. The molecular formula is C26H19N3O2S. The van der Waals surface area contributed by atoms with E-state index in [2.05, 4.69) is 4.98 Å². The summed E-state index contributed by atoms with van der Waals surface area (Å²) in [6, 6.07) is 31.0. The molecule has 0 saturated carbocycles. The maximum atomic E-state index is 13.1. The maximum absolute atomic E-state index is 13.1. The second-order valence-electron chi connectivity index (χ2n) is 7.07. The normalized spacial score (nSPS) is 10.9. The molecule has 0 amide bonds. The molecule has 5 nitrogen and oxygen atoms in total. The smallest absolute Gasteiger partial charge is 0.421 e. The van der Waals surface area contributed by atoms with Crippen molar-refractivity contribution in [3.63, 3.8) is 0 Å². The molecule has 0 radical (unpaired) electrons. The zero-order valence-electron chi connectivity index (χ0n) is 17.1. The Labute approximate surface area is 189 Å². The van der Waals surface area contributed by atoms with Gasteiger partial charge in [0, 0.05) is 16.7 Å². The largest absolute Gasteiger partial charge is 0.444 e. The minimum atomic E-state index is -0.458. The zero-order valence-corrected chi connectivity index (χ0v) is 17.9. The van der Waals surface area contributed by atoms with Crippen LogP contribution in [0.3, 0.4) is 0 Å². The van der Waals surface area contributed by atoms with Crippen LogP contribution in [0.25, 0.3) is 22.3 Å². The Bertz CT molecular complexity index is 1370. The molecule has 0 atom stereocenters. The highest BCUT2D eigenvalue weighted by atomic mass is 32.2. The fourth-order valence-corrected chi connectivity index (χ4v) is 4.45. The number of pyridine rings is 1. The number of carbonyl (C=O) groups is 1. The highest BCUT2D eigenvalue weighted by molar-refractivity contribution is 7.99. The third-order valence-corrected chi connectivity index (χ3v) is 5.98. The van der Waals surface area contributed by atoms with Crippen LogP contribution in [-0.2, 0) is 11.3 Å². The molecule has 2 heterocycles. The number of para-hydroxylation sites is 2. The first kappa shape index (κ1) is 20.0. The third kappa shape index (κ3) is 4.13. The average Bonchev–Trinajstić information content (AvgIpc) is 3.22. The van der Waals surface area contributed by atoms with Gasteiger partial charge in [-0.3, -0.25) is 4.98 Å². The van der Waals surface area contributed by atoms with Crippen LogP contribution in [0.2, 0.25) is 0 Å². The molecule has 0 saturated heterocycles. The summed E-state index contributed by atoms with van der Waals surface area (Å²) >= 11 is 1.42. The van der Waals surface area contributed by atoms with Crippen LogP contribution in [0, 0.1) is 0 Å². The van der Waals surface area contributed by atoms with Gasteiger partial charge < -0.3 is 4.74 Å². The predicted molar refractivity (Wildman–Crippen MR) is 126 cm³/mol. The quantitative estimate of drug-likeness (QED) is 0.317. The summed E-state index contributed by atoms with van der Waals surface area (Å²) < 4.78 is 7.17. The molecule has 0 aliphatic carbocycles. The molecule has 0 N–H and O–H groups in total. The van der Waals surface area contributed by atoms with Gasteiger partial charge in [0.1, 0.15) is 6.61 Å². The standard InChI is InChI=1S/C26H19N3O2S/c30-26(31-18-19-10-2-1-3-11-19)29-23-15-6-5-14-22(23)28-25(29)32-24-16-7-4-12-20(24)21-13-8-9-17-27-21/h1-17H,18H2. The van der Waals surface area contributed by atoms with Crippen molar-refractivity contribution in [2.45, 2.75) is 16.7 Å². The SMILES string of the molecule is O=C(OCc1ccccc1)n1c(Sc2ccccc2-c2ccccn2)nc2ccccc21. The summed E-state index contributed by atoms with van der Waals surface area (Å²) in [5, 5.41) is 0.549. The number of fused-ring (bicyclic) bond motifs is 1. The number of ether oxygens (including phenoxy) is 1. The number of benzene rings is 3. The van der Waals surface area contributed by atoms with E-state index in [0.29, 0.717) is 10.7 Å². The molecule has 156 valence electrons. The first-order chi connectivity index (χ1) is 15.8. The maximum Gasteiger partial charge on any atom is 0.421 e. The van der Waals surface area contributed by atoms with E-state index in [9.17, 15) is 4.79 Å². The van der Waals surface area contributed by atoms with E-state index in [4.69, 9.17) is 9.72 Å². The minimum Gasteiger partial charge on any atom is -0.444 e. The van der Waals surface area contributed by atoms with Crippen LogP contribution >= 0.6 is 11.8 Å². The van der Waals surface area contributed by atoms with Crippen molar-refractivity contribution in [2.24, 2.45) is 0 Å². The van der Waals surface area contributed by atoms with Crippen molar-refractivity contribution < 1.29 is 9.53 Å². The summed E-state index contributed by atoms with van der Waals surface area (Å²) in [6.45, 7) is 0.195. The molecule has 0 aliphatic heterocycles. The Hall–Kier alpha value is -3.90. The summed E-state index contributed by atoms with van der Waals surface area (Å²) in [5.41, 5.74) is 4.23. The molecule has 32 heavy (non-hydrogen) atoms. The lowest BCUT2D eigenvalue weighted by Crippen LogP contribution is -2.14. The first-order valence-corrected chi connectivity index (χ1v) is 11.0. The van der Waals surface area contributed by atoms with Crippen molar-refractivity contribution >= 4 is 28.9 Å². The van der Waals surface area contributed by atoms with Gasteiger partial charge in [-0.1, -0.05) is 78.5 Å². The van der Waals surface area contributed by atoms with Gasteiger partial charge in [-0.05, 0) is 35.9 Å². The fraction of sp³-hybridized carbons (Fsp3) is 0.0385. The Morgan fingerprint density at radius 2 is 1.59 bits per heavy atom. The molecule has 3 aromatic carbocycles. The van der Waals surface area contributed by atoms with E-state index in [1.807, 2.05) is 97.1 Å². The topological polar surface area (TPSA) is 57.0 Å². The average molecular weight is 438 g/mol. The molecular weight excluding hydrogens is 418 g/mol. The Morgan fingerprint density at radius 3 is 2.44 bits per heavy atom. The Kier molecular flexibility index (Phi) is 5.68. The van der Waals surface area contributed by atoms with Gasteiger partial charge in [-0.15, -0.1) is 0 Å². The Balaban J connectivity index is 1.51. The summed E-state index contributed by atoms with van der Waals surface area (Å²) in [7, 11) is 0. The van der Waals surface area contributed by atoms with Gasteiger partial charge in [0.25, 0.3) is 0 Å². The fourth-order valence-electron chi connectivity index (χ4n) is 3.42. The van der Waals surface area contributed by atoms with Crippen molar-refractivity contribution in [1.82, 2.24) is 14.5 Å². The van der Waals surface area contributed by atoms with Gasteiger partial charge in [0.05, 0.1) is 16.7 Å². The molecule has 6 heteroatoms. The molecule has 0 spiro atoms. The van der Waals surface area contributed by atoms with E-state index in [1.54, 1.807) is 6.20 Å². The van der Waals surface area contributed by atoms with Gasteiger partial charge in [0.15, 0.2) is 5.16 Å². The second-order valence-corrected chi connectivity index (χ2v) is 8.08. The van der Waals surface area contributed by atoms with Gasteiger partial charge in [-0.25, -0.2) is 14.3 Å². The van der Waals surface area contributed by atoms with E-state index >= 15 is 0 Å². The highest BCUT2D eigenvalue weighted by Gasteiger charge is 2.20. The predicted octanol–water partition coefficient (Wildman–Crippen LogP) is 6.43. The van der Waals surface area contributed by atoms with Gasteiger partial charge >= 0.3 is 6.09 Å². The Morgan fingerprint density at radius 1 is 0.844 bits per heavy atom. The van der Waals surface area contributed by atoms with Crippen molar-refractivity contribution in [2.75, 3.05) is 0 Å². The van der Waals surface area contributed by atoms with Gasteiger partial charge in [0.2, 0.25) is 0 Å². The lowest BCUT2D eigenvalue weighted by Gasteiger charge is -2.11.